The van der Waals surface area contributed by atoms with E-state index in [1.165, 1.54) is 24.3 Å². The molecule has 1 aliphatic rings. The lowest BCUT2D eigenvalue weighted by molar-refractivity contribution is -0.116. The number of nitrogens with zero attached hydrogens (tertiary/aromatic N) is 4. The van der Waals surface area contributed by atoms with Gasteiger partial charge in [0.1, 0.15) is 4.90 Å². The van der Waals surface area contributed by atoms with Crippen LogP contribution in [0.25, 0.3) is 0 Å². The molecule has 16 heteroatoms. The molecule has 0 atom stereocenters. The summed E-state index contributed by atoms with van der Waals surface area (Å²) in [5.41, 5.74) is 1.82. The Bertz CT molecular complexity index is 1890. The van der Waals surface area contributed by atoms with Crippen LogP contribution in [0.1, 0.15) is 12.0 Å². The first-order chi connectivity index (χ1) is 23.4. The molecule has 0 unspecified atom stereocenters. The van der Waals surface area contributed by atoms with Crippen LogP contribution in [0.15, 0.2) is 95.9 Å². The number of halogens is 3. The van der Waals surface area contributed by atoms with Gasteiger partial charge < -0.3 is 30.9 Å². The normalized spacial score (nSPS) is 13.3. The van der Waals surface area contributed by atoms with Crippen molar-refractivity contribution >= 4 is 79.5 Å². The van der Waals surface area contributed by atoms with Crippen molar-refractivity contribution in [3.05, 3.63) is 117 Å². The molecule has 0 aliphatic carbocycles. The SMILES string of the molecule is O=C(CCN(Cc1ccccc1Cl)S(=O)(=O)c1ccccc1N([O-])O)Nc1ccc(N2CCN(C(=O)Nc3c(Cl)cccc3Cl)CC2)cc1. The largest absolute Gasteiger partial charge is 0.733 e. The molecule has 1 saturated heterocycles. The fourth-order valence-corrected chi connectivity index (χ4v) is 7.52. The van der Waals surface area contributed by atoms with Crippen molar-refractivity contribution in [2.45, 2.75) is 17.9 Å². The van der Waals surface area contributed by atoms with Crippen molar-refractivity contribution in [3.8, 4) is 0 Å². The van der Waals surface area contributed by atoms with Crippen molar-refractivity contribution in [1.29, 1.82) is 0 Å². The summed E-state index contributed by atoms with van der Waals surface area (Å²) in [4.78, 5) is 29.2. The van der Waals surface area contributed by atoms with E-state index in [0.29, 0.717) is 58.2 Å². The number of amides is 3. The number of urea groups is 1. The molecule has 12 nitrogen and oxygen atoms in total. The van der Waals surface area contributed by atoms with Crippen molar-refractivity contribution in [2.75, 3.05) is 53.5 Å². The molecule has 0 bridgehead atoms. The summed E-state index contributed by atoms with van der Waals surface area (Å²) in [7, 11) is -4.36. The van der Waals surface area contributed by atoms with Gasteiger partial charge in [0.15, 0.2) is 0 Å². The zero-order valence-corrected chi connectivity index (χ0v) is 29.0. The second-order valence-electron chi connectivity index (χ2n) is 11.0. The molecular formula is C33H32Cl3N6O6S-. The third-order valence-electron chi connectivity index (χ3n) is 7.86. The Labute approximate surface area is 299 Å². The van der Waals surface area contributed by atoms with Gasteiger partial charge >= 0.3 is 6.03 Å². The molecule has 0 saturated carbocycles. The maximum absolute atomic E-state index is 13.7. The first-order valence-electron chi connectivity index (χ1n) is 15.1. The Balaban J connectivity index is 1.19. The number of hydrogen-bond donors (Lipinski definition) is 3. The van der Waals surface area contributed by atoms with Gasteiger partial charge in [-0.05, 0) is 60.2 Å². The number of rotatable bonds is 11. The van der Waals surface area contributed by atoms with E-state index < -0.39 is 31.7 Å². The average Bonchev–Trinajstić information content (AvgIpc) is 3.09. The Hall–Kier alpha value is -4.08. The monoisotopic (exact) mass is 745 g/mol. The number of nitrogens with one attached hydrogen (secondary N) is 2. The molecule has 258 valence electrons. The molecule has 1 aliphatic heterocycles. The van der Waals surface area contributed by atoms with Gasteiger partial charge in [-0.2, -0.15) is 4.31 Å². The predicted molar refractivity (Wildman–Crippen MR) is 192 cm³/mol. The smallest absolute Gasteiger partial charge is 0.322 e. The lowest BCUT2D eigenvalue weighted by Gasteiger charge is -2.36. The molecule has 4 aromatic rings. The van der Waals surface area contributed by atoms with E-state index in [1.807, 2.05) is 12.1 Å². The molecule has 1 fully saturated rings. The van der Waals surface area contributed by atoms with E-state index in [1.54, 1.807) is 59.5 Å². The highest BCUT2D eigenvalue weighted by Gasteiger charge is 2.29. The van der Waals surface area contributed by atoms with E-state index in [-0.39, 0.29) is 25.5 Å². The van der Waals surface area contributed by atoms with Crippen LogP contribution in [0.5, 0.6) is 0 Å². The van der Waals surface area contributed by atoms with Gasteiger partial charge in [-0.15, -0.1) is 0 Å². The zero-order valence-electron chi connectivity index (χ0n) is 25.9. The van der Waals surface area contributed by atoms with Crippen LogP contribution < -0.4 is 20.8 Å². The minimum absolute atomic E-state index is 0.175. The highest BCUT2D eigenvalue weighted by molar-refractivity contribution is 7.89. The van der Waals surface area contributed by atoms with Gasteiger partial charge in [0.2, 0.25) is 15.9 Å². The molecule has 5 rings (SSSR count). The second-order valence-corrected chi connectivity index (χ2v) is 14.1. The predicted octanol–water partition coefficient (Wildman–Crippen LogP) is 6.91. The van der Waals surface area contributed by atoms with Gasteiger partial charge in [0.05, 0.1) is 21.4 Å². The molecular weight excluding hydrogens is 715 g/mol. The Kier molecular flexibility index (Phi) is 11.9. The van der Waals surface area contributed by atoms with Crippen LogP contribution in [-0.2, 0) is 21.4 Å². The molecule has 0 spiro atoms. The fraction of sp³-hybridized carbons (Fsp3) is 0.212. The van der Waals surface area contributed by atoms with Crippen molar-refractivity contribution in [2.24, 2.45) is 0 Å². The van der Waals surface area contributed by atoms with E-state index in [4.69, 9.17) is 34.8 Å². The summed E-state index contributed by atoms with van der Waals surface area (Å²) in [6.07, 6.45) is -0.211. The van der Waals surface area contributed by atoms with Gasteiger partial charge in [-0.25, -0.2) is 13.2 Å². The topological polar surface area (TPSA) is 149 Å². The van der Waals surface area contributed by atoms with Gasteiger partial charge in [-0.1, -0.05) is 71.2 Å². The maximum Gasteiger partial charge on any atom is 0.322 e. The number of sulfonamides is 1. The number of benzene rings is 4. The molecule has 1 heterocycles. The van der Waals surface area contributed by atoms with Crippen molar-refractivity contribution in [1.82, 2.24) is 9.21 Å². The van der Waals surface area contributed by atoms with Crippen LogP contribution in [0.3, 0.4) is 0 Å². The van der Waals surface area contributed by atoms with Crippen LogP contribution in [-0.4, -0.2) is 67.5 Å². The highest BCUT2D eigenvalue weighted by Crippen LogP contribution is 2.31. The summed E-state index contributed by atoms with van der Waals surface area (Å²) in [5, 5.41) is 27.4. The van der Waals surface area contributed by atoms with Gasteiger partial charge in [-0.3, -0.25) is 10.0 Å². The minimum atomic E-state index is -4.36. The Morgan fingerprint density at radius 3 is 2.06 bits per heavy atom. The van der Waals surface area contributed by atoms with Crippen molar-refractivity contribution < 1.29 is 23.2 Å². The third kappa shape index (κ3) is 8.94. The summed E-state index contributed by atoms with van der Waals surface area (Å²) >= 11 is 18.7. The number of anilines is 4. The van der Waals surface area contributed by atoms with Crippen LogP contribution in [0.4, 0.5) is 27.5 Å². The molecule has 0 radical (unpaired) electrons. The summed E-state index contributed by atoms with van der Waals surface area (Å²) in [5.74, 6) is -0.439. The summed E-state index contributed by atoms with van der Waals surface area (Å²) in [6, 6.07) is 23.8. The summed E-state index contributed by atoms with van der Waals surface area (Å²) < 4.78 is 28.5. The molecule has 0 aromatic heterocycles. The lowest BCUT2D eigenvalue weighted by atomic mass is 10.2. The molecule has 3 amide bonds. The number of carbonyl (C=O) groups is 2. The first kappa shape index (κ1) is 36.2. The van der Waals surface area contributed by atoms with Crippen molar-refractivity contribution in [3.63, 3.8) is 0 Å². The number of hydrogen-bond acceptors (Lipinski definition) is 8. The van der Waals surface area contributed by atoms with Crippen LogP contribution in [0.2, 0.25) is 15.1 Å². The lowest BCUT2D eigenvalue weighted by Crippen LogP contribution is -2.50. The van der Waals surface area contributed by atoms with E-state index >= 15 is 0 Å². The zero-order chi connectivity index (χ0) is 35.1. The van der Waals surface area contributed by atoms with E-state index in [0.717, 1.165) is 9.99 Å². The molecule has 49 heavy (non-hydrogen) atoms. The number of piperazine rings is 1. The second kappa shape index (κ2) is 16.1. The van der Waals surface area contributed by atoms with Crippen LogP contribution >= 0.6 is 34.8 Å². The number of carbonyl (C=O) groups excluding carboxylic acids is 2. The highest BCUT2D eigenvalue weighted by atomic mass is 35.5. The quantitative estimate of drug-likeness (QED) is 0.140. The van der Waals surface area contributed by atoms with E-state index in [9.17, 15) is 28.4 Å². The standard InChI is InChI=1S/C33H32Cl3N6O6S/c34-26-7-2-1-6-23(26)22-41(49(47,48)30-11-4-3-10-29(30)42(45)46)17-16-31(43)37-24-12-14-25(15-13-24)39-18-20-40(21-19-39)33(44)38-32-27(35)8-5-9-28(32)36/h1-15,45H,16-22H2,(H,37,43)(H,38,44)/q-1. The maximum atomic E-state index is 13.7. The third-order valence-corrected chi connectivity index (χ3v) is 10.8. The molecule has 3 N–H and O–H groups in total. The Morgan fingerprint density at radius 1 is 0.796 bits per heavy atom. The van der Waals surface area contributed by atoms with Gasteiger partial charge in [0.25, 0.3) is 0 Å². The summed E-state index contributed by atoms with van der Waals surface area (Å²) in [6.45, 7) is 1.68. The minimum Gasteiger partial charge on any atom is -0.733 e. The number of para-hydroxylation sites is 2. The van der Waals surface area contributed by atoms with Gasteiger partial charge in [0, 0.05) is 62.1 Å². The average molecular weight is 747 g/mol. The first-order valence-corrected chi connectivity index (χ1v) is 17.6. The fourth-order valence-electron chi connectivity index (χ4n) is 5.25. The Morgan fingerprint density at radius 2 is 1.41 bits per heavy atom. The van der Waals surface area contributed by atoms with E-state index in [2.05, 4.69) is 15.5 Å². The van der Waals surface area contributed by atoms with Crippen LogP contribution in [0, 0.1) is 5.21 Å². The molecule has 4 aromatic carbocycles.